The largest absolute Gasteiger partial charge is 0.465 e. The highest BCUT2D eigenvalue weighted by Crippen LogP contribution is 2.14. The molecule has 0 bridgehead atoms. The van der Waals surface area contributed by atoms with Gasteiger partial charge in [0.2, 0.25) is 0 Å². The molecule has 0 atom stereocenters. The van der Waals surface area contributed by atoms with E-state index in [1.54, 1.807) is 18.3 Å². The molecule has 1 rings (SSSR count). The minimum atomic E-state index is -0.193. The Bertz CT molecular complexity index is 296. The van der Waals surface area contributed by atoms with Crippen LogP contribution in [0.4, 0.5) is 0 Å². The first-order chi connectivity index (χ1) is 6.74. The number of carbonyl (C=O) groups is 1. The van der Waals surface area contributed by atoms with Crippen molar-refractivity contribution in [2.75, 3.05) is 13.2 Å². The van der Waals surface area contributed by atoms with Gasteiger partial charge < -0.3 is 10.1 Å². The second-order valence-corrected chi connectivity index (χ2v) is 3.94. The van der Waals surface area contributed by atoms with Gasteiger partial charge in [-0.05, 0) is 30.9 Å². The van der Waals surface area contributed by atoms with Gasteiger partial charge >= 0.3 is 5.97 Å². The molecule has 0 saturated heterocycles. The SMILES string of the molecule is CCOC(=O)CNCc1sccc1C. The summed E-state index contributed by atoms with van der Waals surface area (Å²) in [6.45, 7) is 5.34. The maximum atomic E-state index is 11.0. The van der Waals surface area contributed by atoms with E-state index in [0.717, 1.165) is 6.54 Å². The van der Waals surface area contributed by atoms with Crippen LogP contribution in [0.2, 0.25) is 0 Å². The Balaban J connectivity index is 2.22. The number of hydrogen-bond acceptors (Lipinski definition) is 4. The first kappa shape index (κ1) is 11.2. The summed E-state index contributed by atoms with van der Waals surface area (Å²) in [6, 6.07) is 2.08. The molecule has 0 spiro atoms. The number of ether oxygens (including phenoxy) is 1. The molecule has 0 aliphatic heterocycles. The number of aryl methyl sites for hydroxylation is 1. The van der Waals surface area contributed by atoms with Crippen LogP contribution in [0.15, 0.2) is 11.4 Å². The predicted octanol–water partition coefficient (Wildman–Crippen LogP) is 1.71. The molecule has 1 aromatic rings. The number of thiophene rings is 1. The second kappa shape index (κ2) is 5.78. The first-order valence-electron chi connectivity index (χ1n) is 4.63. The van der Waals surface area contributed by atoms with E-state index in [0.29, 0.717) is 6.61 Å². The molecule has 0 unspecified atom stereocenters. The summed E-state index contributed by atoms with van der Waals surface area (Å²) in [6.07, 6.45) is 0. The van der Waals surface area contributed by atoms with Gasteiger partial charge in [-0.15, -0.1) is 11.3 Å². The van der Waals surface area contributed by atoms with Gasteiger partial charge in [0.05, 0.1) is 13.2 Å². The molecule has 0 saturated carbocycles. The quantitative estimate of drug-likeness (QED) is 0.757. The van der Waals surface area contributed by atoms with Crippen molar-refractivity contribution in [1.82, 2.24) is 5.32 Å². The molecule has 0 aromatic carbocycles. The van der Waals surface area contributed by atoms with Gasteiger partial charge in [-0.2, -0.15) is 0 Å². The van der Waals surface area contributed by atoms with Gasteiger partial charge in [0, 0.05) is 11.4 Å². The average molecular weight is 213 g/mol. The summed E-state index contributed by atoms with van der Waals surface area (Å²) in [5, 5.41) is 5.10. The summed E-state index contributed by atoms with van der Waals surface area (Å²) in [7, 11) is 0. The van der Waals surface area contributed by atoms with Crippen LogP contribution < -0.4 is 5.32 Å². The van der Waals surface area contributed by atoms with Crippen molar-refractivity contribution in [3.63, 3.8) is 0 Å². The lowest BCUT2D eigenvalue weighted by Crippen LogP contribution is -2.24. The summed E-state index contributed by atoms with van der Waals surface area (Å²) < 4.78 is 4.79. The van der Waals surface area contributed by atoms with Crippen molar-refractivity contribution in [1.29, 1.82) is 0 Å². The second-order valence-electron chi connectivity index (χ2n) is 2.94. The van der Waals surface area contributed by atoms with Crippen molar-refractivity contribution in [2.24, 2.45) is 0 Å². The molecule has 0 radical (unpaired) electrons. The van der Waals surface area contributed by atoms with Gasteiger partial charge in [-0.25, -0.2) is 0 Å². The molecule has 1 N–H and O–H groups in total. The fraction of sp³-hybridized carbons (Fsp3) is 0.500. The Morgan fingerprint density at radius 2 is 2.43 bits per heavy atom. The highest BCUT2D eigenvalue weighted by Gasteiger charge is 2.02. The zero-order valence-electron chi connectivity index (χ0n) is 8.50. The van der Waals surface area contributed by atoms with Crippen LogP contribution in [0.5, 0.6) is 0 Å². The summed E-state index contributed by atoms with van der Waals surface area (Å²) in [5.41, 5.74) is 1.27. The van der Waals surface area contributed by atoms with E-state index in [9.17, 15) is 4.79 Å². The summed E-state index contributed by atoms with van der Waals surface area (Å²) in [5.74, 6) is -0.193. The molecular weight excluding hydrogens is 198 g/mol. The van der Waals surface area contributed by atoms with Crippen molar-refractivity contribution < 1.29 is 9.53 Å². The van der Waals surface area contributed by atoms with Crippen molar-refractivity contribution in [3.8, 4) is 0 Å². The van der Waals surface area contributed by atoms with E-state index in [-0.39, 0.29) is 12.5 Å². The third-order valence-corrected chi connectivity index (χ3v) is 2.85. The smallest absolute Gasteiger partial charge is 0.319 e. The van der Waals surface area contributed by atoms with Gasteiger partial charge in [0.1, 0.15) is 0 Å². The minimum absolute atomic E-state index is 0.193. The van der Waals surface area contributed by atoms with E-state index < -0.39 is 0 Å². The monoisotopic (exact) mass is 213 g/mol. The Morgan fingerprint density at radius 3 is 3.00 bits per heavy atom. The number of nitrogens with one attached hydrogen (secondary N) is 1. The zero-order valence-corrected chi connectivity index (χ0v) is 9.32. The van der Waals surface area contributed by atoms with Crippen molar-refractivity contribution >= 4 is 17.3 Å². The number of esters is 1. The van der Waals surface area contributed by atoms with Crippen LogP contribution in [-0.4, -0.2) is 19.1 Å². The summed E-state index contributed by atoms with van der Waals surface area (Å²) >= 11 is 1.70. The highest BCUT2D eigenvalue weighted by atomic mass is 32.1. The Labute approximate surface area is 88.1 Å². The fourth-order valence-corrected chi connectivity index (χ4v) is 1.95. The Hall–Kier alpha value is -0.870. The Morgan fingerprint density at radius 1 is 1.64 bits per heavy atom. The van der Waals surface area contributed by atoms with E-state index in [2.05, 4.69) is 23.7 Å². The molecule has 0 aliphatic rings. The maximum Gasteiger partial charge on any atom is 0.319 e. The molecule has 0 fully saturated rings. The third kappa shape index (κ3) is 3.47. The molecule has 0 amide bonds. The molecular formula is C10H15NO2S. The van der Waals surface area contributed by atoms with Crippen molar-refractivity contribution in [3.05, 3.63) is 21.9 Å². The number of hydrogen-bond donors (Lipinski definition) is 1. The average Bonchev–Trinajstić information content (AvgIpc) is 2.52. The molecule has 14 heavy (non-hydrogen) atoms. The molecule has 78 valence electrons. The third-order valence-electron chi connectivity index (χ3n) is 1.83. The van der Waals surface area contributed by atoms with E-state index >= 15 is 0 Å². The topological polar surface area (TPSA) is 38.3 Å². The molecule has 0 aliphatic carbocycles. The Kier molecular flexibility index (Phi) is 4.62. The minimum Gasteiger partial charge on any atom is -0.465 e. The van der Waals surface area contributed by atoms with Crippen LogP contribution in [-0.2, 0) is 16.1 Å². The number of rotatable bonds is 5. The first-order valence-corrected chi connectivity index (χ1v) is 5.51. The lowest BCUT2D eigenvalue weighted by atomic mass is 10.3. The van der Waals surface area contributed by atoms with Gasteiger partial charge in [0.25, 0.3) is 0 Å². The molecule has 3 nitrogen and oxygen atoms in total. The van der Waals surface area contributed by atoms with Gasteiger partial charge in [0.15, 0.2) is 0 Å². The molecule has 1 heterocycles. The van der Waals surface area contributed by atoms with Crippen LogP contribution in [0.3, 0.4) is 0 Å². The van der Waals surface area contributed by atoms with Gasteiger partial charge in [-0.3, -0.25) is 4.79 Å². The highest BCUT2D eigenvalue weighted by molar-refractivity contribution is 7.10. The van der Waals surface area contributed by atoms with Crippen LogP contribution >= 0.6 is 11.3 Å². The summed E-state index contributed by atoms with van der Waals surface area (Å²) in [4.78, 5) is 12.2. The van der Waals surface area contributed by atoms with Crippen LogP contribution in [0.1, 0.15) is 17.4 Å². The molecule has 1 aromatic heterocycles. The normalized spacial score (nSPS) is 10.1. The molecule has 4 heteroatoms. The zero-order chi connectivity index (χ0) is 10.4. The number of carbonyl (C=O) groups excluding carboxylic acids is 1. The lowest BCUT2D eigenvalue weighted by Gasteiger charge is -2.03. The predicted molar refractivity (Wildman–Crippen MR) is 57.4 cm³/mol. The standard InChI is InChI=1S/C10H15NO2S/c1-3-13-10(12)7-11-6-9-8(2)4-5-14-9/h4-5,11H,3,6-7H2,1-2H3. The lowest BCUT2D eigenvalue weighted by molar-refractivity contribution is -0.142. The van der Waals surface area contributed by atoms with Crippen LogP contribution in [0, 0.1) is 6.92 Å². The van der Waals surface area contributed by atoms with E-state index in [4.69, 9.17) is 4.74 Å². The van der Waals surface area contributed by atoms with E-state index in [1.165, 1.54) is 10.4 Å². The maximum absolute atomic E-state index is 11.0. The van der Waals surface area contributed by atoms with Crippen LogP contribution in [0.25, 0.3) is 0 Å². The van der Waals surface area contributed by atoms with E-state index in [1.807, 2.05) is 0 Å². The van der Waals surface area contributed by atoms with Gasteiger partial charge in [-0.1, -0.05) is 0 Å². The fourth-order valence-electron chi connectivity index (χ4n) is 1.08. The van der Waals surface area contributed by atoms with Crippen molar-refractivity contribution in [2.45, 2.75) is 20.4 Å².